The fourth-order valence-corrected chi connectivity index (χ4v) is 2.78. The number of rotatable bonds is 12. The number of nitrogens with zero attached hydrogens (tertiary/aromatic N) is 3. The Balaban J connectivity index is 1.48. The predicted octanol–water partition coefficient (Wildman–Crippen LogP) is 4.90. The average molecular weight is 302 g/mol. The van der Waals surface area contributed by atoms with E-state index < -0.39 is 0 Å². The van der Waals surface area contributed by atoms with Gasteiger partial charge in [0.05, 0.1) is 0 Å². The Hall–Kier alpha value is -1.58. The third-order valence-corrected chi connectivity index (χ3v) is 4.14. The summed E-state index contributed by atoms with van der Waals surface area (Å²) in [5.41, 5.74) is 5.33. The summed E-state index contributed by atoms with van der Waals surface area (Å²) < 4.78 is 0. The Kier molecular flexibility index (Phi) is 7.78. The minimum atomic E-state index is 0.943. The molecular weight excluding hydrogens is 272 g/mol. The van der Waals surface area contributed by atoms with Crippen LogP contribution in [0.3, 0.4) is 0 Å². The number of benzene rings is 1. The Morgan fingerprint density at radius 2 is 1.50 bits per heavy atom. The van der Waals surface area contributed by atoms with Crippen molar-refractivity contribution in [2.24, 2.45) is 0 Å². The van der Waals surface area contributed by atoms with Crippen LogP contribution in [0.1, 0.15) is 71.1 Å². The van der Waals surface area contributed by atoms with Crippen LogP contribution < -0.4 is 5.43 Å². The van der Waals surface area contributed by atoms with E-state index in [-0.39, 0.29) is 0 Å². The van der Waals surface area contributed by atoms with E-state index in [9.17, 15) is 0 Å². The Morgan fingerprint density at radius 1 is 0.864 bits per heavy atom. The number of fused-ring (bicyclic) bond motifs is 1. The first-order valence-electron chi connectivity index (χ1n) is 8.96. The molecule has 4 heteroatoms. The molecule has 22 heavy (non-hydrogen) atoms. The van der Waals surface area contributed by atoms with Gasteiger partial charge in [-0.25, -0.2) is 0 Å². The van der Waals surface area contributed by atoms with Crippen molar-refractivity contribution in [2.75, 3.05) is 12.0 Å². The van der Waals surface area contributed by atoms with Gasteiger partial charge in [0.15, 0.2) is 0 Å². The van der Waals surface area contributed by atoms with Crippen LogP contribution in [0.5, 0.6) is 0 Å². The SMILES string of the molecule is CCCCCCCCCCCCNn1nnc2ccccc21. The van der Waals surface area contributed by atoms with Gasteiger partial charge in [-0.15, -0.1) is 5.10 Å². The smallest absolute Gasteiger partial charge is 0.115 e. The molecule has 0 unspecified atom stereocenters. The highest BCUT2D eigenvalue weighted by Gasteiger charge is 2.01. The Morgan fingerprint density at radius 3 is 2.23 bits per heavy atom. The van der Waals surface area contributed by atoms with Gasteiger partial charge in [0.25, 0.3) is 0 Å². The summed E-state index contributed by atoms with van der Waals surface area (Å²) in [6.07, 6.45) is 13.7. The van der Waals surface area contributed by atoms with Crippen LogP contribution in [0.25, 0.3) is 11.0 Å². The lowest BCUT2D eigenvalue weighted by Crippen LogP contribution is -2.17. The molecule has 1 N–H and O–H groups in total. The lowest BCUT2D eigenvalue weighted by Gasteiger charge is -2.06. The fraction of sp³-hybridized carbons (Fsp3) is 0.667. The van der Waals surface area contributed by atoms with E-state index in [0.29, 0.717) is 0 Å². The molecule has 0 saturated carbocycles. The third-order valence-electron chi connectivity index (χ3n) is 4.14. The van der Waals surface area contributed by atoms with Crippen LogP contribution in [0.15, 0.2) is 24.3 Å². The second-order valence-corrected chi connectivity index (χ2v) is 6.08. The first kappa shape index (κ1) is 16.8. The average Bonchev–Trinajstić information content (AvgIpc) is 2.96. The van der Waals surface area contributed by atoms with Crippen LogP contribution in [0.4, 0.5) is 0 Å². The first-order chi connectivity index (χ1) is 10.9. The van der Waals surface area contributed by atoms with Crippen molar-refractivity contribution in [1.29, 1.82) is 0 Å². The quantitative estimate of drug-likeness (QED) is 0.567. The van der Waals surface area contributed by atoms with Crippen LogP contribution in [0.2, 0.25) is 0 Å². The van der Waals surface area contributed by atoms with Crippen LogP contribution in [-0.4, -0.2) is 21.6 Å². The fourth-order valence-electron chi connectivity index (χ4n) is 2.78. The van der Waals surface area contributed by atoms with Gasteiger partial charge in [0.1, 0.15) is 11.0 Å². The maximum absolute atomic E-state index is 4.14. The summed E-state index contributed by atoms with van der Waals surface area (Å²) in [5, 5.41) is 8.27. The molecule has 1 aromatic heterocycles. The van der Waals surface area contributed by atoms with Gasteiger partial charge in [0, 0.05) is 6.54 Å². The van der Waals surface area contributed by atoms with Crippen molar-refractivity contribution in [3.63, 3.8) is 0 Å². The lowest BCUT2D eigenvalue weighted by atomic mass is 10.1. The number of unbranched alkanes of at least 4 members (excludes halogenated alkanes) is 9. The van der Waals surface area contributed by atoms with E-state index in [2.05, 4.69) is 22.7 Å². The van der Waals surface area contributed by atoms with E-state index in [1.807, 2.05) is 24.3 Å². The molecule has 0 bridgehead atoms. The second-order valence-electron chi connectivity index (χ2n) is 6.08. The highest BCUT2D eigenvalue weighted by molar-refractivity contribution is 5.73. The van der Waals surface area contributed by atoms with Crippen molar-refractivity contribution < 1.29 is 0 Å². The molecule has 1 aromatic carbocycles. The molecule has 4 nitrogen and oxygen atoms in total. The summed E-state index contributed by atoms with van der Waals surface area (Å²) in [7, 11) is 0. The predicted molar refractivity (Wildman–Crippen MR) is 93.6 cm³/mol. The minimum Gasteiger partial charge on any atom is -0.308 e. The van der Waals surface area contributed by atoms with Crippen molar-refractivity contribution in [2.45, 2.75) is 71.1 Å². The highest BCUT2D eigenvalue weighted by Crippen LogP contribution is 2.11. The van der Waals surface area contributed by atoms with E-state index in [0.717, 1.165) is 17.6 Å². The van der Waals surface area contributed by atoms with Gasteiger partial charge in [-0.3, -0.25) is 0 Å². The van der Waals surface area contributed by atoms with E-state index >= 15 is 0 Å². The van der Waals surface area contributed by atoms with E-state index in [4.69, 9.17) is 0 Å². The maximum atomic E-state index is 4.14. The summed E-state index contributed by atoms with van der Waals surface area (Å²) in [4.78, 5) is 1.79. The Labute approximate surface area is 134 Å². The summed E-state index contributed by atoms with van der Waals surface area (Å²) >= 11 is 0. The second kappa shape index (κ2) is 10.2. The van der Waals surface area contributed by atoms with Crippen molar-refractivity contribution in [3.05, 3.63) is 24.3 Å². The van der Waals surface area contributed by atoms with Crippen molar-refractivity contribution >= 4 is 11.0 Å². The molecule has 0 aliphatic carbocycles. The molecule has 122 valence electrons. The number of aromatic nitrogens is 3. The molecule has 0 spiro atoms. The van der Waals surface area contributed by atoms with Gasteiger partial charge in [-0.05, 0) is 23.8 Å². The largest absolute Gasteiger partial charge is 0.308 e. The van der Waals surface area contributed by atoms with Gasteiger partial charge in [-0.1, -0.05) is 76.8 Å². The molecule has 0 radical (unpaired) electrons. The maximum Gasteiger partial charge on any atom is 0.115 e. The molecule has 1 heterocycles. The normalized spacial score (nSPS) is 11.1. The molecule has 0 amide bonds. The van der Waals surface area contributed by atoms with Gasteiger partial charge in [0.2, 0.25) is 0 Å². The first-order valence-corrected chi connectivity index (χ1v) is 8.96. The van der Waals surface area contributed by atoms with Gasteiger partial charge < -0.3 is 5.43 Å². The number of hydrogen-bond donors (Lipinski definition) is 1. The summed E-state index contributed by atoms with van der Waals surface area (Å²) in [6.45, 7) is 3.24. The monoisotopic (exact) mass is 302 g/mol. The van der Waals surface area contributed by atoms with Crippen LogP contribution in [0, 0.1) is 0 Å². The van der Waals surface area contributed by atoms with Crippen molar-refractivity contribution in [3.8, 4) is 0 Å². The molecule has 0 aliphatic rings. The van der Waals surface area contributed by atoms with Crippen LogP contribution >= 0.6 is 0 Å². The van der Waals surface area contributed by atoms with Crippen LogP contribution in [-0.2, 0) is 0 Å². The number of nitrogens with one attached hydrogen (secondary N) is 1. The molecular formula is C18H30N4. The van der Waals surface area contributed by atoms with Gasteiger partial charge in [-0.2, -0.15) is 4.79 Å². The topological polar surface area (TPSA) is 42.7 Å². The van der Waals surface area contributed by atoms with E-state index in [1.165, 1.54) is 64.2 Å². The molecule has 0 aliphatic heterocycles. The zero-order chi connectivity index (χ0) is 15.5. The van der Waals surface area contributed by atoms with E-state index in [1.54, 1.807) is 4.79 Å². The lowest BCUT2D eigenvalue weighted by molar-refractivity contribution is 0.555. The summed E-state index contributed by atoms with van der Waals surface area (Å²) in [6, 6.07) is 8.04. The van der Waals surface area contributed by atoms with Gasteiger partial charge >= 0.3 is 0 Å². The molecule has 2 aromatic rings. The summed E-state index contributed by atoms with van der Waals surface area (Å²) in [5.74, 6) is 0. The molecule has 2 rings (SSSR count). The molecule has 0 fully saturated rings. The zero-order valence-corrected chi connectivity index (χ0v) is 13.9. The number of para-hydroxylation sites is 1. The zero-order valence-electron chi connectivity index (χ0n) is 13.9. The highest BCUT2D eigenvalue weighted by atomic mass is 15.6. The standard InChI is InChI=1S/C18H30N4/c1-2-3-4-5-6-7-8-9-10-13-16-19-22-18-15-12-11-14-17(18)20-21-22/h11-12,14-15,19H,2-10,13,16H2,1H3. The molecule has 0 atom stereocenters. The van der Waals surface area contributed by atoms with Crippen molar-refractivity contribution in [1.82, 2.24) is 15.1 Å². The third kappa shape index (κ3) is 5.66. The number of hydrogen-bond acceptors (Lipinski definition) is 3. The minimum absolute atomic E-state index is 0.943. The Bertz CT molecular complexity index is 521. The molecule has 0 saturated heterocycles.